The molecule has 0 bridgehead atoms. The highest BCUT2D eigenvalue weighted by atomic mass is 16.6. The van der Waals surface area contributed by atoms with Crippen LogP contribution in [-0.4, -0.2) is 22.8 Å². The van der Waals surface area contributed by atoms with Crippen LogP contribution in [-0.2, 0) is 6.67 Å². The van der Waals surface area contributed by atoms with Crippen LogP contribution < -0.4 is 20.3 Å². The van der Waals surface area contributed by atoms with Crippen LogP contribution in [0, 0.1) is 6.92 Å². The lowest BCUT2D eigenvalue weighted by molar-refractivity contribution is 0.171. The summed E-state index contributed by atoms with van der Waals surface area (Å²) in [7, 11) is 0. The first kappa shape index (κ1) is 14.6. The third-order valence-electron chi connectivity index (χ3n) is 4.04. The minimum absolute atomic E-state index is 0.0526. The summed E-state index contributed by atoms with van der Waals surface area (Å²) in [4.78, 5) is 17.1. The molecule has 0 radical (unpaired) electrons. The summed E-state index contributed by atoms with van der Waals surface area (Å²) in [5.74, 6) is 2.13. The van der Waals surface area contributed by atoms with Crippen molar-refractivity contribution in [3.63, 3.8) is 0 Å². The first-order valence-electron chi connectivity index (χ1n) is 7.82. The number of ether oxygens (including phenoxy) is 2. The van der Waals surface area contributed by atoms with Crippen LogP contribution in [0.5, 0.6) is 11.5 Å². The van der Waals surface area contributed by atoms with Crippen LogP contribution in [0.15, 0.2) is 47.3 Å². The van der Waals surface area contributed by atoms with E-state index in [1.54, 1.807) is 10.6 Å². The third-order valence-corrected chi connectivity index (χ3v) is 4.04. The van der Waals surface area contributed by atoms with Gasteiger partial charge in [-0.25, -0.2) is 4.98 Å². The van der Waals surface area contributed by atoms with Gasteiger partial charge in [0, 0.05) is 11.8 Å². The predicted molar refractivity (Wildman–Crippen MR) is 91.8 cm³/mol. The van der Waals surface area contributed by atoms with Gasteiger partial charge in [-0.05, 0) is 31.2 Å². The lowest BCUT2D eigenvalue weighted by atomic mass is 10.2. The van der Waals surface area contributed by atoms with Gasteiger partial charge in [0.1, 0.15) is 19.0 Å². The lowest BCUT2D eigenvalue weighted by Crippen LogP contribution is -2.27. The zero-order chi connectivity index (χ0) is 16.5. The molecule has 0 spiro atoms. The highest BCUT2D eigenvalue weighted by Gasteiger charge is 2.12. The molecule has 0 saturated carbocycles. The van der Waals surface area contributed by atoms with Gasteiger partial charge in [0.25, 0.3) is 5.56 Å². The second-order valence-electron chi connectivity index (χ2n) is 5.60. The van der Waals surface area contributed by atoms with Crippen LogP contribution >= 0.6 is 0 Å². The number of aryl methyl sites for hydroxylation is 1. The largest absolute Gasteiger partial charge is 0.486 e. The van der Waals surface area contributed by atoms with E-state index in [4.69, 9.17) is 9.47 Å². The Kier molecular flexibility index (Phi) is 3.57. The number of benzene rings is 2. The minimum Gasteiger partial charge on any atom is -0.486 e. The summed E-state index contributed by atoms with van der Waals surface area (Å²) in [5, 5.41) is 3.86. The van der Waals surface area contributed by atoms with E-state index in [2.05, 4.69) is 10.3 Å². The van der Waals surface area contributed by atoms with E-state index < -0.39 is 0 Å². The molecule has 0 saturated heterocycles. The normalized spacial score (nSPS) is 13.0. The van der Waals surface area contributed by atoms with Gasteiger partial charge >= 0.3 is 0 Å². The maximum Gasteiger partial charge on any atom is 0.262 e. The molecule has 0 unspecified atom stereocenters. The van der Waals surface area contributed by atoms with Crippen LogP contribution in [0.25, 0.3) is 10.9 Å². The second-order valence-corrected chi connectivity index (χ2v) is 5.60. The Balaban J connectivity index is 1.62. The summed E-state index contributed by atoms with van der Waals surface area (Å²) in [6.07, 6.45) is 0. The molecule has 1 N–H and O–H groups in total. The van der Waals surface area contributed by atoms with Gasteiger partial charge in [0.15, 0.2) is 11.5 Å². The van der Waals surface area contributed by atoms with E-state index in [9.17, 15) is 4.79 Å². The number of hydrogen-bond acceptors (Lipinski definition) is 5. The first-order valence-corrected chi connectivity index (χ1v) is 7.82. The molecule has 6 nitrogen and oxygen atoms in total. The van der Waals surface area contributed by atoms with Crippen molar-refractivity contribution < 1.29 is 9.47 Å². The van der Waals surface area contributed by atoms with Crippen molar-refractivity contribution in [3.05, 3.63) is 58.6 Å². The average Bonchev–Trinajstić information content (AvgIpc) is 2.61. The fourth-order valence-corrected chi connectivity index (χ4v) is 2.79. The number of hydrogen-bond donors (Lipinski definition) is 1. The molecule has 122 valence electrons. The van der Waals surface area contributed by atoms with Crippen molar-refractivity contribution in [2.75, 3.05) is 18.5 Å². The van der Waals surface area contributed by atoms with E-state index in [0.29, 0.717) is 36.8 Å². The van der Waals surface area contributed by atoms with Crippen LogP contribution in [0.2, 0.25) is 0 Å². The summed E-state index contributed by atoms with van der Waals surface area (Å²) >= 11 is 0. The van der Waals surface area contributed by atoms with Crippen LogP contribution in [0.1, 0.15) is 5.82 Å². The zero-order valence-electron chi connectivity index (χ0n) is 13.3. The molecule has 1 aromatic heterocycles. The van der Waals surface area contributed by atoms with E-state index in [0.717, 1.165) is 17.0 Å². The van der Waals surface area contributed by atoms with E-state index in [-0.39, 0.29) is 5.56 Å². The highest BCUT2D eigenvalue weighted by molar-refractivity contribution is 5.77. The molecule has 6 heteroatoms. The summed E-state index contributed by atoms with van der Waals surface area (Å²) in [5.41, 5.74) is 1.53. The number of para-hydroxylation sites is 1. The number of anilines is 1. The van der Waals surface area contributed by atoms with Crippen molar-refractivity contribution in [2.24, 2.45) is 0 Å². The Morgan fingerprint density at radius 3 is 2.79 bits per heavy atom. The highest BCUT2D eigenvalue weighted by Crippen LogP contribution is 2.32. The summed E-state index contributed by atoms with van der Waals surface area (Å²) < 4.78 is 12.7. The van der Waals surface area contributed by atoms with Gasteiger partial charge in [-0.1, -0.05) is 12.1 Å². The molecule has 2 heterocycles. The number of nitrogens with one attached hydrogen (secondary N) is 1. The standard InChI is InChI=1S/C18H17N3O3/c1-12-20-15-5-3-2-4-14(15)18(22)21(12)11-19-13-6-7-16-17(10-13)24-9-8-23-16/h2-7,10,19H,8-9,11H2,1H3. The van der Waals surface area contributed by atoms with E-state index in [1.807, 2.05) is 43.3 Å². The molecule has 3 aromatic rings. The minimum atomic E-state index is -0.0526. The maximum atomic E-state index is 12.6. The van der Waals surface area contributed by atoms with Gasteiger partial charge in [-0.3, -0.25) is 9.36 Å². The molecule has 0 amide bonds. The number of fused-ring (bicyclic) bond motifs is 2. The summed E-state index contributed by atoms with van der Waals surface area (Å²) in [6.45, 7) is 3.28. The molecule has 4 rings (SSSR count). The number of nitrogens with zero attached hydrogens (tertiary/aromatic N) is 2. The fraction of sp³-hybridized carbons (Fsp3) is 0.222. The Hall–Kier alpha value is -3.02. The van der Waals surface area contributed by atoms with Crippen LogP contribution in [0.4, 0.5) is 5.69 Å². The molecule has 0 aliphatic carbocycles. The smallest absolute Gasteiger partial charge is 0.262 e. The predicted octanol–water partition coefficient (Wildman–Crippen LogP) is 2.55. The van der Waals surface area contributed by atoms with Gasteiger partial charge < -0.3 is 14.8 Å². The van der Waals surface area contributed by atoms with Gasteiger partial charge in [0.05, 0.1) is 17.6 Å². The SMILES string of the molecule is Cc1nc2ccccc2c(=O)n1CNc1ccc2c(c1)OCCO2. The lowest BCUT2D eigenvalue weighted by Gasteiger charge is -2.19. The van der Waals surface area contributed by atoms with Gasteiger partial charge in [-0.2, -0.15) is 0 Å². The molecule has 0 atom stereocenters. The quantitative estimate of drug-likeness (QED) is 0.802. The molecule has 24 heavy (non-hydrogen) atoms. The monoisotopic (exact) mass is 323 g/mol. The number of aromatic nitrogens is 2. The van der Waals surface area contributed by atoms with E-state index >= 15 is 0 Å². The zero-order valence-corrected chi connectivity index (χ0v) is 13.3. The van der Waals surface area contributed by atoms with E-state index in [1.165, 1.54) is 0 Å². The molecule has 0 fully saturated rings. The Bertz CT molecular complexity index is 965. The van der Waals surface area contributed by atoms with Crippen molar-refractivity contribution in [2.45, 2.75) is 13.6 Å². The Labute approximate surface area is 138 Å². The molecule has 1 aliphatic rings. The van der Waals surface area contributed by atoms with Crippen molar-refractivity contribution in [1.82, 2.24) is 9.55 Å². The third kappa shape index (κ3) is 2.56. The first-order chi connectivity index (χ1) is 11.7. The molecular formula is C18H17N3O3. The average molecular weight is 323 g/mol. The summed E-state index contributed by atoms with van der Waals surface area (Å²) in [6, 6.07) is 13.0. The Morgan fingerprint density at radius 2 is 1.92 bits per heavy atom. The van der Waals surface area contributed by atoms with Gasteiger partial charge in [0.2, 0.25) is 0 Å². The Morgan fingerprint density at radius 1 is 1.12 bits per heavy atom. The fourth-order valence-electron chi connectivity index (χ4n) is 2.79. The molecule has 2 aromatic carbocycles. The van der Waals surface area contributed by atoms with Crippen LogP contribution in [0.3, 0.4) is 0 Å². The van der Waals surface area contributed by atoms with Crippen molar-refractivity contribution in [3.8, 4) is 11.5 Å². The topological polar surface area (TPSA) is 65.4 Å². The second kappa shape index (κ2) is 5.88. The van der Waals surface area contributed by atoms with Crippen molar-refractivity contribution >= 4 is 16.6 Å². The van der Waals surface area contributed by atoms with Gasteiger partial charge in [-0.15, -0.1) is 0 Å². The van der Waals surface area contributed by atoms with Crippen molar-refractivity contribution in [1.29, 1.82) is 0 Å². The maximum absolute atomic E-state index is 12.6. The number of rotatable bonds is 3. The molecule has 1 aliphatic heterocycles. The molecular weight excluding hydrogens is 306 g/mol.